The van der Waals surface area contributed by atoms with Gasteiger partial charge in [-0.3, -0.25) is 0 Å². The van der Waals surface area contributed by atoms with Gasteiger partial charge in [-0.05, 0) is 36.1 Å². The van der Waals surface area contributed by atoms with E-state index in [9.17, 15) is 4.39 Å². The average Bonchev–Trinajstić information content (AvgIpc) is 2.49. The molecule has 1 aromatic heterocycles. The molecule has 106 valence electrons. The van der Waals surface area contributed by atoms with E-state index in [0.717, 1.165) is 6.42 Å². The quantitative estimate of drug-likeness (QED) is 0.896. The second-order valence-electron chi connectivity index (χ2n) is 4.73. The van der Waals surface area contributed by atoms with Crippen LogP contribution in [0.2, 0.25) is 0 Å². The van der Waals surface area contributed by atoms with Crippen molar-refractivity contribution in [3.8, 4) is 11.6 Å². The van der Waals surface area contributed by atoms with Crippen molar-refractivity contribution in [1.29, 1.82) is 0 Å². The fourth-order valence-electron chi connectivity index (χ4n) is 1.87. The van der Waals surface area contributed by atoms with Crippen molar-refractivity contribution in [2.75, 3.05) is 0 Å². The van der Waals surface area contributed by atoms with Crippen molar-refractivity contribution in [2.24, 2.45) is 0 Å². The molecule has 0 amide bonds. The van der Waals surface area contributed by atoms with Crippen molar-refractivity contribution in [3.63, 3.8) is 0 Å². The molecule has 1 N–H and O–H groups in total. The predicted molar refractivity (Wildman–Crippen MR) is 75.3 cm³/mol. The maximum absolute atomic E-state index is 13.9. The molecule has 0 saturated heterocycles. The van der Waals surface area contributed by atoms with Gasteiger partial charge in [-0.2, -0.15) is 0 Å². The smallest absolute Gasteiger partial charge is 0.256 e. The summed E-state index contributed by atoms with van der Waals surface area (Å²) >= 11 is 0. The van der Waals surface area contributed by atoms with E-state index < -0.39 is 5.82 Å². The lowest BCUT2D eigenvalue weighted by Gasteiger charge is -2.11. The third-order valence-corrected chi connectivity index (χ3v) is 3.38. The summed E-state index contributed by atoms with van der Waals surface area (Å²) < 4.78 is 19.3. The molecule has 0 saturated carbocycles. The van der Waals surface area contributed by atoms with Gasteiger partial charge < -0.3 is 9.84 Å². The number of halogens is 1. The zero-order valence-electron chi connectivity index (χ0n) is 11.6. The van der Waals surface area contributed by atoms with E-state index in [0.29, 0.717) is 11.7 Å². The van der Waals surface area contributed by atoms with Crippen LogP contribution in [0.4, 0.5) is 4.39 Å². The molecule has 4 heteroatoms. The summed E-state index contributed by atoms with van der Waals surface area (Å²) in [5, 5.41) is 9.01. The number of ether oxygens (including phenoxy) is 1. The minimum Gasteiger partial charge on any atom is -0.436 e. The number of nitrogens with zero attached hydrogens (tertiary/aromatic N) is 1. The van der Waals surface area contributed by atoms with E-state index in [-0.39, 0.29) is 18.1 Å². The highest BCUT2D eigenvalue weighted by Crippen LogP contribution is 2.26. The van der Waals surface area contributed by atoms with Crippen LogP contribution >= 0.6 is 0 Å². The van der Waals surface area contributed by atoms with Crippen LogP contribution in [0.5, 0.6) is 11.6 Å². The Morgan fingerprint density at radius 1 is 1.25 bits per heavy atom. The number of rotatable bonds is 5. The Morgan fingerprint density at radius 3 is 2.55 bits per heavy atom. The van der Waals surface area contributed by atoms with Crippen LogP contribution < -0.4 is 4.74 Å². The summed E-state index contributed by atoms with van der Waals surface area (Å²) in [6.45, 7) is 3.91. The normalized spacial score (nSPS) is 12.2. The molecule has 20 heavy (non-hydrogen) atoms. The first kappa shape index (κ1) is 14.5. The van der Waals surface area contributed by atoms with Crippen molar-refractivity contribution in [1.82, 2.24) is 4.98 Å². The van der Waals surface area contributed by atoms with Gasteiger partial charge in [-0.25, -0.2) is 9.37 Å². The molecule has 1 heterocycles. The Balaban J connectivity index is 2.18. The van der Waals surface area contributed by atoms with Crippen LogP contribution in [0.25, 0.3) is 0 Å². The van der Waals surface area contributed by atoms with E-state index >= 15 is 0 Å². The number of aliphatic hydroxyl groups excluding tert-OH is 1. The monoisotopic (exact) mass is 275 g/mol. The van der Waals surface area contributed by atoms with Gasteiger partial charge >= 0.3 is 0 Å². The molecular weight excluding hydrogens is 257 g/mol. The van der Waals surface area contributed by atoms with Crippen molar-refractivity contribution in [2.45, 2.75) is 32.8 Å². The molecule has 0 bridgehead atoms. The van der Waals surface area contributed by atoms with Gasteiger partial charge in [0.25, 0.3) is 5.88 Å². The molecule has 0 aliphatic carbocycles. The van der Waals surface area contributed by atoms with Crippen molar-refractivity contribution in [3.05, 3.63) is 53.5 Å². The minimum atomic E-state index is -0.624. The molecule has 0 fully saturated rings. The van der Waals surface area contributed by atoms with E-state index in [1.165, 1.54) is 17.8 Å². The lowest BCUT2D eigenvalue weighted by atomic mass is 9.99. The third kappa shape index (κ3) is 3.14. The van der Waals surface area contributed by atoms with Crippen LogP contribution in [0.15, 0.2) is 36.5 Å². The molecule has 0 radical (unpaired) electrons. The predicted octanol–water partition coefficient (Wildman–Crippen LogP) is 4.02. The van der Waals surface area contributed by atoms with Gasteiger partial charge in [0.15, 0.2) is 5.82 Å². The molecule has 1 aromatic carbocycles. The van der Waals surface area contributed by atoms with Crippen LogP contribution in [-0.2, 0) is 6.61 Å². The lowest BCUT2D eigenvalue weighted by Crippen LogP contribution is -1.97. The largest absolute Gasteiger partial charge is 0.436 e. The van der Waals surface area contributed by atoms with Crippen LogP contribution in [0.1, 0.15) is 37.3 Å². The highest BCUT2D eigenvalue weighted by Gasteiger charge is 2.11. The zero-order chi connectivity index (χ0) is 14.5. The SMILES string of the molecule is CCC(C)c1ccc(Oc2nccc(CO)c2F)cc1. The highest BCUT2D eigenvalue weighted by molar-refractivity contribution is 5.33. The standard InChI is InChI=1S/C16H18FNO2/c1-3-11(2)12-4-6-14(7-5-12)20-16-15(17)13(10-19)8-9-18-16/h4-9,11,19H,3,10H2,1-2H3. The highest BCUT2D eigenvalue weighted by atomic mass is 19.1. The first-order valence-electron chi connectivity index (χ1n) is 6.67. The Bertz CT molecular complexity index is 569. The maximum Gasteiger partial charge on any atom is 0.256 e. The summed E-state index contributed by atoms with van der Waals surface area (Å²) in [7, 11) is 0. The molecule has 3 nitrogen and oxygen atoms in total. The zero-order valence-corrected chi connectivity index (χ0v) is 11.6. The van der Waals surface area contributed by atoms with Crippen LogP contribution in [0.3, 0.4) is 0 Å². The Kier molecular flexibility index (Phi) is 4.69. The second kappa shape index (κ2) is 6.48. The van der Waals surface area contributed by atoms with Gasteiger partial charge in [-0.15, -0.1) is 0 Å². The van der Waals surface area contributed by atoms with Gasteiger partial charge in [0, 0.05) is 11.8 Å². The molecular formula is C16H18FNO2. The van der Waals surface area contributed by atoms with Gasteiger partial charge in [-0.1, -0.05) is 26.0 Å². The van der Waals surface area contributed by atoms with Crippen LogP contribution in [0, 0.1) is 5.82 Å². The van der Waals surface area contributed by atoms with E-state index in [2.05, 4.69) is 18.8 Å². The maximum atomic E-state index is 13.9. The second-order valence-corrected chi connectivity index (χ2v) is 4.73. The van der Waals surface area contributed by atoms with Crippen molar-refractivity contribution >= 4 is 0 Å². The molecule has 2 rings (SSSR count). The van der Waals surface area contributed by atoms with Crippen molar-refractivity contribution < 1.29 is 14.2 Å². The van der Waals surface area contributed by atoms with E-state index in [4.69, 9.17) is 9.84 Å². The summed E-state index contributed by atoms with van der Waals surface area (Å²) in [5.74, 6) is 0.268. The van der Waals surface area contributed by atoms with Crippen LogP contribution in [-0.4, -0.2) is 10.1 Å². The first-order chi connectivity index (χ1) is 9.65. The topological polar surface area (TPSA) is 42.4 Å². The van der Waals surface area contributed by atoms with Gasteiger partial charge in [0.1, 0.15) is 5.75 Å². The summed E-state index contributed by atoms with van der Waals surface area (Å²) in [5.41, 5.74) is 1.39. The summed E-state index contributed by atoms with van der Waals surface area (Å²) in [6, 6.07) is 8.96. The molecule has 1 unspecified atom stereocenters. The number of aliphatic hydroxyl groups is 1. The van der Waals surface area contributed by atoms with E-state index in [1.54, 1.807) is 12.1 Å². The fourth-order valence-corrected chi connectivity index (χ4v) is 1.87. The first-order valence-corrected chi connectivity index (χ1v) is 6.67. The van der Waals surface area contributed by atoms with Gasteiger partial charge in [0.05, 0.1) is 6.61 Å². The molecule has 0 spiro atoms. The minimum absolute atomic E-state index is 0.118. The molecule has 1 atom stereocenters. The number of aromatic nitrogens is 1. The third-order valence-electron chi connectivity index (χ3n) is 3.38. The number of hydrogen-bond acceptors (Lipinski definition) is 3. The molecule has 0 aliphatic heterocycles. The molecule has 0 aliphatic rings. The van der Waals surface area contributed by atoms with Gasteiger partial charge in [0.2, 0.25) is 0 Å². The summed E-state index contributed by atoms with van der Waals surface area (Å²) in [6.07, 6.45) is 2.48. The number of hydrogen-bond donors (Lipinski definition) is 1. The lowest BCUT2D eigenvalue weighted by molar-refractivity contribution is 0.273. The Morgan fingerprint density at radius 2 is 1.95 bits per heavy atom. The Hall–Kier alpha value is -1.94. The Labute approximate surface area is 118 Å². The molecule has 2 aromatic rings. The average molecular weight is 275 g/mol. The number of benzene rings is 1. The summed E-state index contributed by atoms with van der Waals surface area (Å²) in [4.78, 5) is 3.85. The fraction of sp³-hybridized carbons (Fsp3) is 0.312. The van der Waals surface area contributed by atoms with E-state index in [1.807, 2.05) is 12.1 Å². The number of pyridine rings is 1.